The SMILES string of the molecule is CN1CCC(CNc2nnc(CN)o2)(c2ccccc2)CC1. The normalized spacial score (nSPS) is 18.3. The third-order valence-electron chi connectivity index (χ3n) is 4.55. The number of nitrogens with two attached hydrogens (primary N) is 1. The van der Waals surface area contributed by atoms with E-state index in [9.17, 15) is 0 Å². The maximum absolute atomic E-state index is 5.50. The molecule has 1 aliphatic rings. The second kappa shape index (κ2) is 6.46. The first-order chi connectivity index (χ1) is 10.7. The Morgan fingerprint density at radius 1 is 1.23 bits per heavy atom. The predicted molar refractivity (Wildman–Crippen MR) is 85.5 cm³/mol. The van der Waals surface area contributed by atoms with Gasteiger partial charge in [0, 0.05) is 12.0 Å². The first kappa shape index (κ1) is 15.0. The predicted octanol–water partition coefficient (Wildman–Crippen LogP) is 1.60. The second-order valence-corrected chi connectivity index (χ2v) is 6.01. The van der Waals surface area contributed by atoms with Gasteiger partial charge in [0.1, 0.15) is 0 Å². The fourth-order valence-corrected chi connectivity index (χ4v) is 3.06. The van der Waals surface area contributed by atoms with Crippen molar-refractivity contribution in [1.29, 1.82) is 0 Å². The van der Waals surface area contributed by atoms with E-state index >= 15 is 0 Å². The first-order valence-corrected chi connectivity index (χ1v) is 7.72. The summed E-state index contributed by atoms with van der Waals surface area (Å²) in [4.78, 5) is 2.38. The smallest absolute Gasteiger partial charge is 0.315 e. The van der Waals surface area contributed by atoms with Crippen LogP contribution in [0.1, 0.15) is 24.3 Å². The lowest BCUT2D eigenvalue weighted by Crippen LogP contribution is -2.45. The molecule has 0 aliphatic carbocycles. The zero-order valence-electron chi connectivity index (χ0n) is 13.0. The molecule has 1 fully saturated rings. The summed E-state index contributed by atoms with van der Waals surface area (Å²) in [6.45, 7) is 3.24. The topological polar surface area (TPSA) is 80.2 Å². The van der Waals surface area contributed by atoms with E-state index in [0.29, 0.717) is 11.9 Å². The van der Waals surface area contributed by atoms with Crippen molar-refractivity contribution in [2.45, 2.75) is 24.8 Å². The zero-order valence-corrected chi connectivity index (χ0v) is 13.0. The van der Waals surface area contributed by atoms with Gasteiger partial charge in [-0.2, -0.15) is 0 Å². The summed E-state index contributed by atoms with van der Waals surface area (Å²) in [5, 5.41) is 11.2. The van der Waals surface area contributed by atoms with E-state index < -0.39 is 0 Å². The maximum Gasteiger partial charge on any atom is 0.315 e. The Balaban J connectivity index is 1.77. The van der Waals surface area contributed by atoms with Gasteiger partial charge in [-0.05, 0) is 38.5 Å². The highest BCUT2D eigenvalue weighted by atomic mass is 16.4. The number of hydrogen-bond acceptors (Lipinski definition) is 6. The van der Waals surface area contributed by atoms with Crippen LogP contribution in [0.5, 0.6) is 0 Å². The van der Waals surface area contributed by atoms with Crippen molar-refractivity contribution in [3.63, 3.8) is 0 Å². The van der Waals surface area contributed by atoms with Gasteiger partial charge in [0.05, 0.1) is 6.54 Å². The molecular weight excluding hydrogens is 278 g/mol. The number of rotatable bonds is 5. The van der Waals surface area contributed by atoms with Crippen molar-refractivity contribution in [2.75, 3.05) is 32.0 Å². The Morgan fingerprint density at radius 3 is 2.59 bits per heavy atom. The molecule has 3 N–H and O–H groups in total. The zero-order chi connectivity index (χ0) is 15.4. The fourth-order valence-electron chi connectivity index (χ4n) is 3.06. The summed E-state index contributed by atoms with van der Waals surface area (Å²) >= 11 is 0. The minimum absolute atomic E-state index is 0.102. The molecular formula is C16H23N5O. The monoisotopic (exact) mass is 301 g/mol. The molecule has 6 heteroatoms. The number of hydrogen-bond donors (Lipinski definition) is 2. The van der Waals surface area contributed by atoms with Crippen molar-refractivity contribution in [2.24, 2.45) is 5.73 Å². The standard InChI is InChI=1S/C16H23N5O/c1-21-9-7-16(8-10-21,13-5-3-2-4-6-13)12-18-15-20-19-14(11-17)22-15/h2-6H,7-12,17H2,1H3,(H,18,20). The number of nitrogens with zero attached hydrogens (tertiary/aromatic N) is 3. The molecule has 0 unspecified atom stereocenters. The van der Waals surface area contributed by atoms with E-state index in [1.165, 1.54) is 5.56 Å². The van der Waals surface area contributed by atoms with Gasteiger partial charge < -0.3 is 20.4 Å². The maximum atomic E-state index is 5.50. The highest BCUT2D eigenvalue weighted by Crippen LogP contribution is 2.35. The molecule has 1 aliphatic heterocycles. The van der Waals surface area contributed by atoms with Gasteiger partial charge in [0.25, 0.3) is 0 Å². The van der Waals surface area contributed by atoms with Crippen LogP contribution < -0.4 is 11.1 Å². The lowest BCUT2D eigenvalue weighted by Gasteiger charge is -2.41. The van der Waals surface area contributed by atoms with Crippen molar-refractivity contribution in [3.05, 3.63) is 41.8 Å². The van der Waals surface area contributed by atoms with Gasteiger partial charge in [-0.3, -0.25) is 0 Å². The van der Waals surface area contributed by atoms with Gasteiger partial charge >= 0.3 is 6.01 Å². The van der Waals surface area contributed by atoms with Gasteiger partial charge in [-0.1, -0.05) is 35.4 Å². The summed E-state index contributed by atoms with van der Waals surface area (Å²) in [5.41, 5.74) is 6.98. The lowest BCUT2D eigenvalue weighted by atomic mass is 9.73. The van der Waals surface area contributed by atoms with Crippen LogP contribution in [-0.2, 0) is 12.0 Å². The van der Waals surface area contributed by atoms with Crippen LogP contribution in [0.15, 0.2) is 34.7 Å². The Bertz CT molecular complexity index is 590. The molecule has 0 atom stereocenters. The Morgan fingerprint density at radius 2 is 1.95 bits per heavy atom. The van der Waals surface area contributed by atoms with Crippen LogP contribution in [0, 0.1) is 0 Å². The lowest BCUT2D eigenvalue weighted by molar-refractivity contribution is 0.194. The third-order valence-corrected chi connectivity index (χ3v) is 4.55. The minimum Gasteiger partial charge on any atom is -0.407 e. The van der Waals surface area contributed by atoms with Crippen LogP contribution >= 0.6 is 0 Å². The van der Waals surface area contributed by atoms with Crippen LogP contribution in [0.3, 0.4) is 0 Å². The van der Waals surface area contributed by atoms with E-state index in [1.807, 2.05) is 0 Å². The van der Waals surface area contributed by atoms with Gasteiger partial charge in [0.2, 0.25) is 5.89 Å². The van der Waals surface area contributed by atoms with Gasteiger partial charge in [-0.25, -0.2) is 0 Å². The molecule has 0 amide bonds. The quantitative estimate of drug-likeness (QED) is 0.873. The molecule has 2 heterocycles. The molecule has 22 heavy (non-hydrogen) atoms. The molecule has 0 spiro atoms. The van der Waals surface area contributed by atoms with E-state index in [0.717, 1.165) is 32.5 Å². The molecule has 0 saturated carbocycles. The molecule has 1 aromatic heterocycles. The van der Waals surface area contributed by atoms with Crippen molar-refractivity contribution >= 4 is 6.01 Å². The number of likely N-dealkylation sites (tertiary alicyclic amines) is 1. The Kier molecular flexibility index (Phi) is 4.40. The minimum atomic E-state index is 0.102. The average molecular weight is 301 g/mol. The number of anilines is 1. The summed E-state index contributed by atoms with van der Waals surface area (Å²) in [5.74, 6) is 0.458. The summed E-state index contributed by atoms with van der Waals surface area (Å²) in [7, 11) is 2.17. The van der Waals surface area contributed by atoms with E-state index in [4.69, 9.17) is 10.2 Å². The average Bonchev–Trinajstić information content (AvgIpc) is 3.04. The molecule has 2 aromatic rings. The largest absolute Gasteiger partial charge is 0.407 e. The molecule has 0 radical (unpaired) electrons. The highest BCUT2D eigenvalue weighted by molar-refractivity contribution is 5.30. The van der Waals surface area contributed by atoms with Crippen molar-refractivity contribution in [3.8, 4) is 0 Å². The summed E-state index contributed by atoms with van der Waals surface area (Å²) in [6.07, 6.45) is 2.22. The van der Waals surface area contributed by atoms with E-state index in [2.05, 4.69) is 57.8 Å². The van der Waals surface area contributed by atoms with E-state index in [-0.39, 0.29) is 12.0 Å². The number of benzene rings is 1. The number of aromatic nitrogens is 2. The number of nitrogens with one attached hydrogen (secondary N) is 1. The molecule has 0 bridgehead atoms. The molecule has 3 rings (SSSR count). The third kappa shape index (κ3) is 3.13. The van der Waals surface area contributed by atoms with Crippen molar-refractivity contribution in [1.82, 2.24) is 15.1 Å². The summed E-state index contributed by atoms with van der Waals surface area (Å²) in [6, 6.07) is 11.2. The fraction of sp³-hybridized carbons (Fsp3) is 0.500. The number of piperidine rings is 1. The van der Waals surface area contributed by atoms with Crippen molar-refractivity contribution < 1.29 is 4.42 Å². The molecule has 1 aromatic carbocycles. The molecule has 1 saturated heterocycles. The van der Waals surface area contributed by atoms with Crippen LogP contribution in [-0.4, -0.2) is 41.8 Å². The molecule has 6 nitrogen and oxygen atoms in total. The van der Waals surface area contributed by atoms with Crippen LogP contribution in [0.25, 0.3) is 0 Å². The van der Waals surface area contributed by atoms with Crippen LogP contribution in [0.4, 0.5) is 6.01 Å². The van der Waals surface area contributed by atoms with Gasteiger partial charge in [-0.15, -0.1) is 5.10 Å². The Hall–Kier alpha value is -1.92. The van der Waals surface area contributed by atoms with Gasteiger partial charge in [0.15, 0.2) is 0 Å². The molecule has 118 valence electrons. The Labute approximate surface area is 130 Å². The van der Waals surface area contributed by atoms with E-state index in [1.54, 1.807) is 0 Å². The first-order valence-electron chi connectivity index (χ1n) is 7.72. The summed E-state index contributed by atoms with van der Waals surface area (Å²) < 4.78 is 5.46. The van der Waals surface area contributed by atoms with Crippen LogP contribution in [0.2, 0.25) is 0 Å². The second-order valence-electron chi connectivity index (χ2n) is 6.01. The highest BCUT2D eigenvalue weighted by Gasteiger charge is 2.35.